The molecule has 1 aromatic heterocycles. The Balaban J connectivity index is 2.63. The number of hydrogen-bond donors (Lipinski definition) is 0. The Morgan fingerprint density at radius 2 is 2.00 bits per heavy atom. The average Bonchev–Trinajstić information content (AvgIpc) is 2.12. The Morgan fingerprint density at radius 3 is 2.50 bits per heavy atom. The highest BCUT2D eigenvalue weighted by Crippen LogP contribution is 2.16. The van der Waals surface area contributed by atoms with Gasteiger partial charge < -0.3 is 0 Å². The van der Waals surface area contributed by atoms with Gasteiger partial charge in [0.25, 0.3) is 0 Å². The normalized spacial score (nSPS) is 10.2. The lowest BCUT2D eigenvalue weighted by Gasteiger charge is -2.02. The largest absolute Gasteiger partial charge is 0.228 e. The van der Waals surface area contributed by atoms with Crippen molar-refractivity contribution in [3.63, 3.8) is 0 Å². The van der Waals surface area contributed by atoms with Gasteiger partial charge in [0.2, 0.25) is 0 Å². The summed E-state index contributed by atoms with van der Waals surface area (Å²) in [5.41, 5.74) is 2.99. The summed E-state index contributed by atoms with van der Waals surface area (Å²) in [5.74, 6) is 1.28. The molecule has 0 saturated heterocycles. The molecule has 1 heterocycles. The fraction of sp³-hybridized carbons (Fsp3) is 0.400. The molecular weight excluding hydrogens is 216 g/mol. The average molecular weight is 229 g/mol. The fourth-order valence-corrected chi connectivity index (χ4v) is 2.02. The third-order valence-corrected chi connectivity index (χ3v) is 2.93. The highest BCUT2D eigenvalue weighted by molar-refractivity contribution is 7.99. The molecule has 0 aromatic carbocycles. The molecule has 1 aromatic rings. The topological polar surface area (TPSA) is 25.8 Å². The van der Waals surface area contributed by atoms with Crippen LogP contribution < -0.4 is 0 Å². The van der Waals surface area contributed by atoms with Gasteiger partial charge in [-0.25, -0.2) is 9.97 Å². The van der Waals surface area contributed by atoms with Crippen molar-refractivity contribution in [1.82, 2.24) is 9.97 Å². The van der Waals surface area contributed by atoms with E-state index in [2.05, 4.69) is 16.5 Å². The van der Waals surface area contributed by atoms with E-state index in [1.54, 1.807) is 11.8 Å². The van der Waals surface area contributed by atoms with Crippen molar-refractivity contribution in [2.24, 2.45) is 0 Å². The van der Waals surface area contributed by atoms with Gasteiger partial charge in [-0.1, -0.05) is 23.9 Å². The Hall–Kier alpha value is -0.540. The molecule has 0 unspecified atom stereocenters. The lowest BCUT2D eigenvalue weighted by Crippen LogP contribution is -1.95. The van der Waals surface area contributed by atoms with Crippen LogP contribution in [-0.4, -0.2) is 21.6 Å². The molecular formula is C10H13ClN2S. The summed E-state index contributed by atoms with van der Waals surface area (Å²) in [7, 11) is 0. The standard InChI is InChI=1S/C10H13ClN2S/c1-7(5-11)6-14-10-12-8(2)4-9(3)13-10/h4H,1,5-6H2,2-3H3. The van der Waals surface area contributed by atoms with E-state index in [9.17, 15) is 0 Å². The minimum atomic E-state index is 0.498. The Kier molecular flexibility index (Phi) is 4.42. The highest BCUT2D eigenvalue weighted by Gasteiger charge is 2.01. The van der Waals surface area contributed by atoms with Crippen LogP contribution in [0.2, 0.25) is 0 Å². The van der Waals surface area contributed by atoms with Crippen molar-refractivity contribution in [3.05, 3.63) is 29.6 Å². The molecule has 0 N–H and O–H groups in total. The van der Waals surface area contributed by atoms with Gasteiger partial charge >= 0.3 is 0 Å². The number of hydrogen-bond acceptors (Lipinski definition) is 3. The van der Waals surface area contributed by atoms with Gasteiger partial charge in [0.15, 0.2) is 5.16 Å². The number of thioether (sulfide) groups is 1. The number of aryl methyl sites for hydroxylation is 2. The molecule has 0 amide bonds. The summed E-state index contributed by atoms with van der Waals surface area (Å²) >= 11 is 7.20. The molecule has 0 bridgehead atoms. The molecule has 0 radical (unpaired) electrons. The minimum Gasteiger partial charge on any atom is -0.228 e. The second kappa shape index (κ2) is 5.37. The fourth-order valence-electron chi connectivity index (χ4n) is 0.963. The number of nitrogens with zero attached hydrogens (tertiary/aromatic N) is 2. The van der Waals surface area contributed by atoms with Gasteiger partial charge in [-0.15, -0.1) is 11.6 Å². The van der Waals surface area contributed by atoms with Gasteiger partial charge in [-0.2, -0.15) is 0 Å². The van der Waals surface area contributed by atoms with Crippen LogP contribution in [0.4, 0.5) is 0 Å². The van der Waals surface area contributed by atoms with Crippen LogP contribution in [-0.2, 0) is 0 Å². The second-order valence-corrected chi connectivity index (χ2v) is 4.32. The molecule has 76 valence electrons. The molecule has 4 heteroatoms. The first-order valence-electron chi connectivity index (χ1n) is 4.29. The van der Waals surface area contributed by atoms with Crippen molar-refractivity contribution in [2.45, 2.75) is 19.0 Å². The SMILES string of the molecule is C=C(CCl)CSc1nc(C)cc(C)n1. The summed E-state index contributed by atoms with van der Waals surface area (Å²) in [6.45, 7) is 7.76. The van der Waals surface area contributed by atoms with E-state index in [0.29, 0.717) is 5.88 Å². The maximum atomic E-state index is 5.63. The first-order valence-corrected chi connectivity index (χ1v) is 5.81. The summed E-state index contributed by atoms with van der Waals surface area (Å²) in [6.07, 6.45) is 0. The van der Waals surface area contributed by atoms with Crippen molar-refractivity contribution in [1.29, 1.82) is 0 Å². The summed E-state index contributed by atoms with van der Waals surface area (Å²) < 4.78 is 0. The maximum Gasteiger partial charge on any atom is 0.188 e. The van der Waals surface area contributed by atoms with Crippen LogP contribution in [0, 0.1) is 13.8 Å². The molecule has 0 atom stereocenters. The third kappa shape index (κ3) is 3.68. The number of alkyl halides is 1. The van der Waals surface area contributed by atoms with E-state index in [0.717, 1.165) is 27.9 Å². The predicted octanol–water partition coefficient (Wildman–Crippen LogP) is 2.98. The smallest absolute Gasteiger partial charge is 0.188 e. The molecule has 14 heavy (non-hydrogen) atoms. The molecule has 0 spiro atoms. The molecule has 0 fully saturated rings. The molecule has 1 rings (SSSR count). The molecule has 0 aliphatic rings. The van der Waals surface area contributed by atoms with Crippen LogP contribution in [0.5, 0.6) is 0 Å². The Labute approximate surface area is 93.8 Å². The molecule has 2 nitrogen and oxygen atoms in total. The van der Waals surface area contributed by atoms with E-state index in [1.807, 2.05) is 19.9 Å². The van der Waals surface area contributed by atoms with Crippen molar-refractivity contribution in [3.8, 4) is 0 Å². The maximum absolute atomic E-state index is 5.63. The van der Waals surface area contributed by atoms with E-state index in [-0.39, 0.29) is 0 Å². The van der Waals surface area contributed by atoms with Crippen molar-refractivity contribution >= 4 is 23.4 Å². The Morgan fingerprint density at radius 1 is 1.43 bits per heavy atom. The zero-order valence-electron chi connectivity index (χ0n) is 8.38. The zero-order valence-corrected chi connectivity index (χ0v) is 9.95. The summed E-state index contributed by atoms with van der Waals surface area (Å²) in [4.78, 5) is 8.62. The van der Waals surface area contributed by atoms with E-state index < -0.39 is 0 Å². The van der Waals surface area contributed by atoms with Crippen molar-refractivity contribution < 1.29 is 0 Å². The van der Waals surface area contributed by atoms with Crippen LogP contribution in [0.15, 0.2) is 23.4 Å². The van der Waals surface area contributed by atoms with Gasteiger partial charge in [0.05, 0.1) is 0 Å². The number of rotatable bonds is 4. The molecule has 0 saturated carbocycles. The summed E-state index contributed by atoms with van der Waals surface area (Å²) in [5, 5.41) is 0.800. The van der Waals surface area contributed by atoms with Crippen LogP contribution >= 0.6 is 23.4 Å². The van der Waals surface area contributed by atoms with Crippen LogP contribution in [0.1, 0.15) is 11.4 Å². The lowest BCUT2D eigenvalue weighted by molar-refractivity contribution is 0.903. The van der Waals surface area contributed by atoms with Gasteiger partial charge in [-0.05, 0) is 19.9 Å². The second-order valence-electron chi connectivity index (χ2n) is 3.11. The quantitative estimate of drug-likeness (QED) is 0.343. The van der Waals surface area contributed by atoms with Gasteiger partial charge in [0.1, 0.15) is 0 Å². The minimum absolute atomic E-state index is 0.498. The Bertz CT molecular complexity index is 319. The lowest BCUT2D eigenvalue weighted by atomic mass is 10.4. The predicted molar refractivity (Wildman–Crippen MR) is 62.1 cm³/mol. The van der Waals surface area contributed by atoms with Gasteiger partial charge in [0, 0.05) is 23.0 Å². The molecule has 0 aliphatic heterocycles. The monoisotopic (exact) mass is 228 g/mol. The van der Waals surface area contributed by atoms with Gasteiger partial charge in [-0.3, -0.25) is 0 Å². The third-order valence-electron chi connectivity index (χ3n) is 1.56. The first-order chi connectivity index (χ1) is 6.61. The summed E-state index contributed by atoms with van der Waals surface area (Å²) in [6, 6.07) is 1.96. The van der Waals surface area contributed by atoms with Crippen molar-refractivity contribution in [2.75, 3.05) is 11.6 Å². The molecule has 0 aliphatic carbocycles. The first kappa shape index (κ1) is 11.5. The van der Waals surface area contributed by atoms with Crippen LogP contribution in [0.25, 0.3) is 0 Å². The highest BCUT2D eigenvalue weighted by atomic mass is 35.5. The zero-order chi connectivity index (χ0) is 10.6. The van der Waals surface area contributed by atoms with Crippen LogP contribution in [0.3, 0.4) is 0 Å². The van der Waals surface area contributed by atoms with E-state index in [4.69, 9.17) is 11.6 Å². The number of halogens is 1. The number of aromatic nitrogens is 2. The van der Waals surface area contributed by atoms with E-state index in [1.165, 1.54) is 0 Å². The van der Waals surface area contributed by atoms with E-state index >= 15 is 0 Å².